The topological polar surface area (TPSA) is 123 Å². The smallest absolute Gasteiger partial charge is 0.319 e. The number of aromatic nitrogens is 2. The highest BCUT2D eigenvalue weighted by molar-refractivity contribution is 5.99. The Labute approximate surface area is 222 Å². The molecule has 0 spiro atoms. The van der Waals surface area contributed by atoms with Crippen LogP contribution >= 0.6 is 0 Å². The van der Waals surface area contributed by atoms with E-state index in [9.17, 15) is 9.59 Å². The first-order valence-electron chi connectivity index (χ1n) is 12.5. The van der Waals surface area contributed by atoms with E-state index in [2.05, 4.69) is 20.9 Å². The second-order valence-corrected chi connectivity index (χ2v) is 8.74. The molecule has 1 atom stereocenters. The molecule has 5 N–H and O–H groups in total. The molecule has 9 nitrogen and oxygen atoms in total. The van der Waals surface area contributed by atoms with E-state index in [0.717, 1.165) is 17.7 Å². The van der Waals surface area contributed by atoms with E-state index in [1.54, 1.807) is 36.8 Å². The molecule has 0 bridgehead atoms. The number of nitrogens with zero attached hydrogens (tertiary/aromatic N) is 2. The number of nitrogens with one attached hydrogen (secondary N) is 3. The monoisotopic (exact) mass is 512 g/mol. The van der Waals surface area contributed by atoms with Gasteiger partial charge in [-0.05, 0) is 79.9 Å². The number of rotatable bonds is 12. The van der Waals surface area contributed by atoms with Crippen molar-refractivity contribution in [2.24, 2.45) is 5.73 Å². The number of hydrogen-bond acceptors (Lipinski definition) is 5. The van der Waals surface area contributed by atoms with Gasteiger partial charge < -0.3 is 31.0 Å². The van der Waals surface area contributed by atoms with Crippen molar-refractivity contribution in [2.45, 2.75) is 31.9 Å². The van der Waals surface area contributed by atoms with Gasteiger partial charge in [0.2, 0.25) is 5.91 Å². The van der Waals surface area contributed by atoms with E-state index in [0.29, 0.717) is 43.1 Å². The van der Waals surface area contributed by atoms with Crippen molar-refractivity contribution >= 4 is 23.3 Å². The molecule has 3 amide bonds. The van der Waals surface area contributed by atoms with Crippen LogP contribution in [0, 0.1) is 0 Å². The van der Waals surface area contributed by atoms with Crippen molar-refractivity contribution < 1.29 is 14.3 Å². The van der Waals surface area contributed by atoms with E-state index >= 15 is 0 Å². The summed E-state index contributed by atoms with van der Waals surface area (Å²) in [5.74, 6) is 0.398. The zero-order chi connectivity index (χ0) is 26.6. The predicted octanol–water partition coefficient (Wildman–Crippen LogP) is 4.71. The third-order valence-electron chi connectivity index (χ3n) is 5.87. The molecule has 196 valence electrons. The van der Waals surface area contributed by atoms with Gasteiger partial charge in [-0.1, -0.05) is 30.3 Å². The molecule has 0 aliphatic heterocycles. The average Bonchev–Trinajstić information content (AvgIpc) is 3.48. The Kier molecular flexibility index (Phi) is 9.47. The van der Waals surface area contributed by atoms with Gasteiger partial charge >= 0.3 is 6.03 Å². The number of anilines is 2. The molecule has 0 saturated carbocycles. The van der Waals surface area contributed by atoms with Crippen LogP contribution in [-0.2, 0) is 11.4 Å². The summed E-state index contributed by atoms with van der Waals surface area (Å²) in [7, 11) is 0. The molecular formula is C29H32N6O3. The standard InChI is InChI=1S/C29H32N6O3/c30-17-5-4-8-27(28(36)32-23-9-13-25(14-10-23)35-19-18-31-21-35)34-29(37)33-24-11-15-26(16-12-24)38-20-22-6-2-1-3-7-22/h1-3,6-7,9-16,18-19,21,27H,4-5,8,17,20,30H2,(H,32,36)(H2,33,34,37)/t27-/m0/s1. The number of urea groups is 1. The minimum atomic E-state index is -0.719. The highest BCUT2D eigenvalue weighted by Crippen LogP contribution is 2.18. The molecule has 0 radical (unpaired) electrons. The van der Waals surface area contributed by atoms with E-state index in [1.165, 1.54) is 0 Å². The van der Waals surface area contributed by atoms with Crippen LogP contribution in [0.15, 0.2) is 97.6 Å². The Bertz CT molecular complexity index is 1280. The van der Waals surface area contributed by atoms with Crippen LogP contribution in [0.3, 0.4) is 0 Å². The summed E-state index contributed by atoms with van der Waals surface area (Å²) < 4.78 is 7.66. The molecule has 4 aromatic rings. The first-order valence-corrected chi connectivity index (χ1v) is 12.5. The number of carbonyl (C=O) groups excluding carboxylic acids is 2. The number of unbranched alkanes of at least 4 members (excludes halogenated alkanes) is 1. The molecular weight excluding hydrogens is 480 g/mol. The SMILES string of the molecule is NCCCC[C@H](NC(=O)Nc1ccc(OCc2ccccc2)cc1)C(=O)Nc1ccc(-n2ccnc2)cc1. The molecule has 38 heavy (non-hydrogen) atoms. The largest absolute Gasteiger partial charge is 0.489 e. The van der Waals surface area contributed by atoms with Gasteiger partial charge in [-0.2, -0.15) is 0 Å². The fourth-order valence-corrected chi connectivity index (χ4v) is 3.82. The Morgan fingerprint density at radius 1 is 0.895 bits per heavy atom. The van der Waals surface area contributed by atoms with E-state index in [4.69, 9.17) is 10.5 Å². The van der Waals surface area contributed by atoms with Gasteiger partial charge in [0.1, 0.15) is 18.4 Å². The minimum absolute atomic E-state index is 0.294. The van der Waals surface area contributed by atoms with Gasteiger partial charge in [-0.15, -0.1) is 0 Å². The van der Waals surface area contributed by atoms with Crippen LogP contribution in [0.1, 0.15) is 24.8 Å². The maximum Gasteiger partial charge on any atom is 0.319 e. The summed E-state index contributed by atoms with van der Waals surface area (Å²) in [6, 6.07) is 23.2. The lowest BCUT2D eigenvalue weighted by molar-refractivity contribution is -0.118. The van der Waals surface area contributed by atoms with Gasteiger partial charge in [-0.25, -0.2) is 9.78 Å². The second-order valence-electron chi connectivity index (χ2n) is 8.74. The molecule has 1 heterocycles. The number of benzene rings is 3. The fraction of sp³-hybridized carbons (Fsp3) is 0.207. The van der Waals surface area contributed by atoms with Crippen molar-refractivity contribution in [3.05, 3.63) is 103 Å². The number of hydrogen-bond donors (Lipinski definition) is 4. The van der Waals surface area contributed by atoms with Crippen molar-refractivity contribution in [1.82, 2.24) is 14.9 Å². The molecule has 0 unspecified atom stereocenters. The summed E-state index contributed by atoms with van der Waals surface area (Å²) in [6.07, 6.45) is 7.19. The predicted molar refractivity (Wildman–Crippen MR) is 148 cm³/mol. The average molecular weight is 513 g/mol. The molecule has 0 aliphatic carbocycles. The number of imidazole rings is 1. The van der Waals surface area contributed by atoms with Gasteiger partial charge in [0.15, 0.2) is 0 Å². The Balaban J connectivity index is 1.31. The van der Waals surface area contributed by atoms with Crippen LogP contribution in [0.5, 0.6) is 5.75 Å². The number of nitrogens with two attached hydrogens (primary N) is 1. The van der Waals surface area contributed by atoms with Crippen molar-refractivity contribution in [3.8, 4) is 11.4 Å². The van der Waals surface area contributed by atoms with Gasteiger partial charge in [-0.3, -0.25) is 4.79 Å². The van der Waals surface area contributed by atoms with Crippen LogP contribution in [0.25, 0.3) is 5.69 Å². The zero-order valence-electron chi connectivity index (χ0n) is 21.0. The number of ether oxygens (including phenoxy) is 1. The lowest BCUT2D eigenvalue weighted by Gasteiger charge is -2.19. The lowest BCUT2D eigenvalue weighted by atomic mass is 10.1. The molecule has 0 saturated heterocycles. The summed E-state index contributed by atoms with van der Waals surface area (Å²) in [5, 5.41) is 8.47. The third kappa shape index (κ3) is 7.94. The Morgan fingerprint density at radius 3 is 2.29 bits per heavy atom. The second kappa shape index (κ2) is 13.6. The van der Waals surface area contributed by atoms with E-state index in [1.807, 2.05) is 65.4 Å². The van der Waals surface area contributed by atoms with Gasteiger partial charge in [0, 0.05) is 29.5 Å². The first-order chi connectivity index (χ1) is 18.6. The quantitative estimate of drug-likeness (QED) is 0.205. The molecule has 4 rings (SSSR count). The molecule has 0 aliphatic rings. The van der Waals surface area contributed by atoms with Crippen molar-refractivity contribution in [1.29, 1.82) is 0 Å². The Hall–Kier alpha value is -4.63. The highest BCUT2D eigenvalue weighted by Gasteiger charge is 2.21. The fourth-order valence-electron chi connectivity index (χ4n) is 3.82. The number of amides is 3. The minimum Gasteiger partial charge on any atom is -0.489 e. The summed E-state index contributed by atoms with van der Waals surface area (Å²) in [4.78, 5) is 29.8. The lowest BCUT2D eigenvalue weighted by Crippen LogP contribution is -2.45. The van der Waals surface area contributed by atoms with Crippen LogP contribution < -0.4 is 26.4 Å². The van der Waals surface area contributed by atoms with Crippen molar-refractivity contribution in [3.63, 3.8) is 0 Å². The van der Waals surface area contributed by atoms with Crippen LogP contribution in [0.4, 0.5) is 16.2 Å². The van der Waals surface area contributed by atoms with Crippen LogP contribution in [0.2, 0.25) is 0 Å². The third-order valence-corrected chi connectivity index (χ3v) is 5.87. The summed E-state index contributed by atoms with van der Waals surface area (Å²) in [5.41, 5.74) is 8.84. The summed E-state index contributed by atoms with van der Waals surface area (Å²) >= 11 is 0. The first kappa shape index (κ1) is 26.4. The highest BCUT2D eigenvalue weighted by atomic mass is 16.5. The maximum absolute atomic E-state index is 13.0. The van der Waals surface area contributed by atoms with Crippen LogP contribution in [-0.4, -0.2) is 34.1 Å². The molecule has 3 aromatic carbocycles. The van der Waals surface area contributed by atoms with Gasteiger partial charge in [0.05, 0.1) is 6.33 Å². The summed E-state index contributed by atoms with van der Waals surface area (Å²) in [6.45, 7) is 0.981. The zero-order valence-corrected chi connectivity index (χ0v) is 21.0. The maximum atomic E-state index is 13.0. The normalized spacial score (nSPS) is 11.4. The van der Waals surface area contributed by atoms with E-state index < -0.39 is 12.1 Å². The number of carbonyl (C=O) groups is 2. The molecule has 9 heteroatoms. The van der Waals surface area contributed by atoms with Gasteiger partial charge in [0.25, 0.3) is 0 Å². The van der Waals surface area contributed by atoms with Crippen molar-refractivity contribution in [2.75, 3.05) is 17.2 Å². The molecule has 1 aromatic heterocycles. The van der Waals surface area contributed by atoms with E-state index in [-0.39, 0.29) is 5.91 Å². The molecule has 0 fully saturated rings. The Morgan fingerprint density at radius 2 is 1.61 bits per heavy atom.